The van der Waals surface area contributed by atoms with Crippen molar-refractivity contribution in [3.63, 3.8) is 0 Å². The monoisotopic (exact) mass is 746 g/mol. The van der Waals surface area contributed by atoms with E-state index in [9.17, 15) is 24.3 Å². The molecule has 4 rings (SSSR count). The Kier molecular flexibility index (Phi) is 28.7. The van der Waals surface area contributed by atoms with E-state index in [2.05, 4.69) is 29.6 Å². The number of carboxylic acids is 1. The Hall–Kier alpha value is 0.139. The molecule has 0 spiro atoms. The van der Waals surface area contributed by atoms with E-state index in [1.54, 1.807) is 6.92 Å². The Labute approximate surface area is 394 Å². The maximum absolute atomic E-state index is 12.0. The zero-order valence-corrected chi connectivity index (χ0v) is 36.1. The van der Waals surface area contributed by atoms with Gasteiger partial charge in [0.05, 0.1) is 66.2 Å². The van der Waals surface area contributed by atoms with Crippen LogP contribution in [0.15, 0.2) is 24.8 Å². The average molecular weight is 748 g/mol. The largest absolute Gasteiger partial charge is 1.00 e. The summed E-state index contributed by atoms with van der Waals surface area (Å²) in [6, 6.07) is 0. The number of aliphatic carboxylic acids is 1. The van der Waals surface area contributed by atoms with Gasteiger partial charge in [0.25, 0.3) is 12.3 Å². The number of methoxy groups -OCH3 is 2. The number of ketones is 2. The summed E-state index contributed by atoms with van der Waals surface area (Å²) >= 11 is 11.7. The molecule has 228 valence electrons. The Morgan fingerprint density at radius 2 is 1.27 bits per heavy atom. The zero-order valence-electron chi connectivity index (χ0n) is 26.2. The van der Waals surface area contributed by atoms with Crippen molar-refractivity contribution in [2.24, 2.45) is 0 Å². The molecule has 21 heteroatoms. The number of aromatic amines is 2. The third-order valence-corrected chi connectivity index (χ3v) is 5.44. The average Bonchev–Trinajstić information content (AvgIpc) is 3.65. The number of carbonyl (C=O) groups is 5. The molecule has 0 saturated carbocycles. The van der Waals surface area contributed by atoms with E-state index >= 15 is 0 Å². The predicted molar refractivity (Wildman–Crippen MR) is 142 cm³/mol. The van der Waals surface area contributed by atoms with E-state index in [1.165, 1.54) is 39.0 Å². The second kappa shape index (κ2) is 26.1. The molecule has 0 aliphatic rings. The topological polar surface area (TPSA) is 246 Å². The Morgan fingerprint density at radius 3 is 1.58 bits per heavy atom. The van der Waals surface area contributed by atoms with Gasteiger partial charge in [-0.05, 0) is 6.92 Å². The van der Waals surface area contributed by atoms with Crippen molar-refractivity contribution in [2.75, 3.05) is 27.9 Å². The van der Waals surface area contributed by atoms with Crippen LogP contribution in [0, 0.1) is 0 Å². The summed E-state index contributed by atoms with van der Waals surface area (Å²) in [5.74, 6) is -3.99. The molecule has 0 aromatic carbocycles. The molecule has 0 fully saturated rings. The van der Waals surface area contributed by atoms with Crippen LogP contribution in [0.3, 0.4) is 0 Å². The molecule has 0 bridgehead atoms. The number of esters is 1. The third-order valence-electron chi connectivity index (χ3n) is 4.87. The molecule has 4 heterocycles. The van der Waals surface area contributed by atoms with Crippen molar-refractivity contribution in [3.8, 4) is 11.5 Å². The van der Waals surface area contributed by atoms with Crippen LogP contribution in [-0.4, -0.2) is 83.0 Å². The van der Waals surface area contributed by atoms with Gasteiger partial charge < -0.3 is 50.8 Å². The number of nitrogens with zero attached hydrogens (tertiary/aromatic N) is 2. The smallest absolute Gasteiger partial charge is 1.00 e. The normalized spacial score (nSPS) is 8.98. The van der Waals surface area contributed by atoms with Gasteiger partial charge in [-0.1, -0.05) is 23.2 Å². The summed E-state index contributed by atoms with van der Waals surface area (Å²) in [7, 11) is 3.82. The Bertz CT molecular complexity index is 1590. The predicted octanol–water partition coefficient (Wildman–Crippen LogP) is -8.70. The standard InChI is InChI=1S/C12H11ClN2O4.C10H7ClN2O4.CH2O3.CH4O.3K.H/c1-3-19-12(17)10(16)6-4-14-9-8(6)7(18-2)5-15-11(9)13;1-17-5-3-13-9(11)7-6(5)4(2-12-7)8(14)10(15)16;2-1-4-3;1-2;;;;/h4-5,14H,3H2,1-2H3;2-3,12H,1H3,(H,15,16);1,3H;2H,1H3;;;;/q;;;;3*+1;-1/p-2. The maximum atomic E-state index is 12.0. The summed E-state index contributed by atoms with van der Waals surface area (Å²) in [6.45, 7) is 1.58. The van der Waals surface area contributed by atoms with Crippen molar-refractivity contribution in [3.05, 3.63) is 46.2 Å². The number of hydrogen-bond donors (Lipinski definition) is 3. The number of halogens is 2. The van der Waals surface area contributed by atoms with Crippen LogP contribution in [0.5, 0.6) is 11.5 Å². The molecule has 16 nitrogen and oxygen atoms in total. The van der Waals surface area contributed by atoms with E-state index in [-0.39, 0.29) is 201 Å². The summed E-state index contributed by atoms with van der Waals surface area (Å²) < 4.78 is 14.8. The number of aliphatic hydroxyl groups excluding tert-OH is 1. The molecule has 4 aromatic heterocycles. The van der Waals surface area contributed by atoms with Crippen LogP contribution in [0.2, 0.25) is 10.3 Å². The molecule has 0 aliphatic heterocycles. The molecular weight excluding hydrogens is 724 g/mol. The van der Waals surface area contributed by atoms with Gasteiger partial charge in [0.2, 0.25) is 5.78 Å². The number of ether oxygens (including phenoxy) is 3. The summed E-state index contributed by atoms with van der Waals surface area (Å²) in [4.78, 5) is 69.9. The van der Waals surface area contributed by atoms with Gasteiger partial charge in [-0.25, -0.2) is 14.8 Å². The molecule has 0 atom stereocenters. The van der Waals surface area contributed by atoms with E-state index in [0.29, 0.717) is 22.2 Å². The second-order valence-electron chi connectivity index (χ2n) is 7.00. The van der Waals surface area contributed by atoms with Gasteiger partial charge >= 0.3 is 160 Å². The van der Waals surface area contributed by atoms with Crippen LogP contribution in [0.1, 0.15) is 29.1 Å². The van der Waals surface area contributed by atoms with Gasteiger partial charge in [0.1, 0.15) is 17.5 Å². The number of pyridine rings is 2. The van der Waals surface area contributed by atoms with Gasteiger partial charge in [-0.15, -0.1) is 0 Å². The summed E-state index contributed by atoms with van der Waals surface area (Å²) in [5.41, 5.74) is 0.861. The van der Waals surface area contributed by atoms with Gasteiger partial charge in [0.15, 0.2) is 10.3 Å². The quantitative estimate of drug-likeness (QED) is 0.0222. The van der Waals surface area contributed by atoms with Gasteiger partial charge in [-0.2, -0.15) is 0 Å². The van der Waals surface area contributed by atoms with Crippen molar-refractivity contribution in [1.82, 2.24) is 19.9 Å². The number of fused-ring (bicyclic) bond motifs is 2. The van der Waals surface area contributed by atoms with Crippen LogP contribution in [0.4, 0.5) is 0 Å². The molecule has 0 amide bonds. The number of hydrogen-bond acceptors (Lipinski definition) is 14. The Balaban J connectivity index is -0.000000306. The van der Waals surface area contributed by atoms with Crippen LogP contribution >= 0.6 is 23.2 Å². The van der Waals surface area contributed by atoms with Crippen LogP contribution < -0.4 is 174 Å². The van der Waals surface area contributed by atoms with Crippen molar-refractivity contribution < 1.29 is 214 Å². The minimum atomic E-state index is -1.79. The molecule has 0 radical (unpaired) electrons. The molecule has 45 heavy (non-hydrogen) atoms. The first kappa shape index (κ1) is 49.5. The number of H-pyrrole nitrogens is 2. The minimum absolute atomic E-state index is 0. The first-order chi connectivity index (χ1) is 20.1. The third kappa shape index (κ3) is 13.5. The number of rotatable bonds is 8. The van der Waals surface area contributed by atoms with Crippen molar-refractivity contribution in [2.45, 2.75) is 6.92 Å². The number of nitrogens with one attached hydrogen (secondary N) is 2. The summed E-state index contributed by atoms with van der Waals surface area (Å²) in [5, 5.41) is 27.0. The van der Waals surface area contributed by atoms with E-state index in [1.807, 2.05) is 0 Å². The fourth-order valence-corrected chi connectivity index (χ4v) is 3.65. The van der Waals surface area contributed by atoms with E-state index in [4.69, 9.17) is 47.8 Å². The fourth-order valence-electron chi connectivity index (χ4n) is 3.26. The number of aliphatic hydroxyl groups is 1. The number of aromatic nitrogens is 4. The maximum Gasteiger partial charge on any atom is 1.00 e. The molecule has 3 N–H and O–H groups in total. The van der Waals surface area contributed by atoms with E-state index < -0.39 is 23.5 Å². The molecule has 0 unspecified atom stereocenters. The van der Waals surface area contributed by atoms with Crippen LogP contribution in [-0.2, 0) is 24.0 Å². The number of carboxylic acid groups (broad SMARTS) is 1. The molecule has 4 aromatic rings. The van der Waals surface area contributed by atoms with Crippen molar-refractivity contribution >= 4 is 75.0 Å². The first-order valence-electron chi connectivity index (χ1n) is 11.1. The van der Waals surface area contributed by atoms with Gasteiger partial charge in [0, 0.05) is 19.5 Å². The van der Waals surface area contributed by atoms with E-state index in [0.717, 1.165) is 7.11 Å². The fraction of sp³-hybridized carbons (Fsp3) is 0.208. The molecule has 0 saturated heterocycles. The number of carbonyl (C=O) groups excluding carboxylic acids is 5. The van der Waals surface area contributed by atoms with Crippen LogP contribution in [0.25, 0.3) is 21.8 Å². The Morgan fingerprint density at radius 1 is 0.889 bits per heavy atom. The zero-order chi connectivity index (χ0) is 32.0. The molecular formula is C24H23Cl2K3N4O12. The minimum Gasteiger partial charge on any atom is -1.00 e. The first-order valence-corrected chi connectivity index (χ1v) is 11.9. The summed E-state index contributed by atoms with van der Waals surface area (Å²) in [6.07, 6.45) is 5.32. The second-order valence-corrected chi connectivity index (χ2v) is 7.71. The van der Waals surface area contributed by atoms with Crippen molar-refractivity contribution in [1.29, 1.82) is 0 Å². The number of Topliss-reactive ketones (excluding diaryl/α,β-unsaturated/α-hetero) is 2. The molecule has 0 aliphatic carbocycles. The SMILES string of the molecule is CCOC(=O)C(=O)c1c[nH]c2c(Cl)ncc(OC)c12.CO.COc1cnc(Cl)c2[nH]cc(C(=O)C(=O)[O-])c12.O=CO[O-].[H-].[K+].[K+].[K+]. The van der Waals surface area contributed by atoms with Gasteiger partial charge in [-0.3, -0.25) is 14.4 Å².